The van der Waals surface area contributed by atoms with E-state index in [1.807, 2.05) is 13.8 Å². The standard InChI is InChI=1S/C18H34O8/c1-5-15(17(19)25-13-11-23-9-7-21-3)16(6-2)18(20)26-14-12-24-10-8-22-4/h15-16H,5-14H2,1-4H3. The molecule has 0 N–H and O–H groups in total. The second-order valence-electron chi connectivity index (χ2n) is 5.57. The molecular formula is C18H34O8. The van der Waals surface area contributed by atoms with Gasteiger partial charge < -0.3 is 28.4 Å². The number of esters is 2. The van der Waals surface area contributed by atoms with Gasteiger partial charge in [0.05, 0.1) is 51.5 Å². The molecular weight excluding hydrogens is 344 g/mol. The van der Waals surface area contributed by atoms with Gasteiger partial charge in [0.1, 0.15) is 13.2 Å². The third kappa shape index (κ3) is 11.4. The fraction of sp³-hybridized carbons (Fsp3) is 0.889. The molecule has 0 saturated carbocycles. The van der Waals surface area contributed by atoms with Crippen molar-refractivity contribution in [2.45, 2.75) is 26.7 Å². The van der Waals surface area contributed by atoms with E-state index in [0.717, 1.165) is 0 Å². The van der Waals surface area contributed by atoms with Crippen LogP contribution in [0.4, 0.5) is 0 Å². The highest BCUT2D eigenvalue weighted by molar-refractivity contribution is 5.82. The van der Waals surface area contributed by atoms with Crippen LogP contribution >= 0.6 is 0 Å². The lowest BCUT2D eigenvalue weighted by Crippen LogP contribution is -2.33. The minimum absolute atomic E-state index is 0.151. The summed E-state index contributed by atoms with van der Waals surface area (Å²) in [6.45, 7) is 6.47. The van der Waals surface area contributed by atoms with Gasteiger partial charge in [0.2, 0.25) is 0 Å². The molecule has 0 aromatic heterocycles. The normalized spacial score (nSPS) is 13.2. The van der Waals surface area contributed by atoms with Crippen molar-refractivity contribution in [3.63, 3.8) is 0 Å². The van der Waals surface area contributed by atoms with E-state index in [0.29, 0.717) is 52.5 Å². The van der Waals surface area contributed by atoms with Gasteiger partial charge in [-0.2, -0.15) is 0 Å². The van der Waals surface area contributed by atoms with Crippen LogP contribution in [0.3, 0.4) is 0 Å². The molecule has 0 saturated heterocycles. The summed E-state index contributed by atoms with van der Waals surface area (Å²) in [5.41, 5.74) is 0. The van der Waals surface area contributed by atoms with Gasteiger partial charge in [-0.3, -0.25) is 9.59 Å². The fourth-order valence-electron chi connectivity index (χ4n) is 2.34. The van der Waals surface area contributed by atoms with Gasteiger partial charge in [0, 0.05) is 14.2 Å². The minimum Gasteiger partial charge on any atom is -0.463 e. The van der Waals surface area contributed by atoms with Crippen LogP contribution in [0, 0.1) is 11.8 Å². The second kappa shape index (κ2) is 17.2. The van der Waals surface area contributed by atoms with E-state index in [-0.39, 0.29) is 13.2 Å². The molecule has 0 bridgehead atoms. The molecule has 0 amide bonds. The predicted molar refractivity (Wildman–Crippen MR) is 94.9 cm³/mol. The lowest BCUT2D eigenvalue weighted by molar-refractivity contribution is -0.162. The molecule has 26 heavy (non-hydrogen) atoms. The first-order chi connectivity index (χ1) is 12.6. The van der Waals surface area contributed by atoms with Gasteiger partial charge in [0.15, 0.2) is 0 Å². The predicted octanol–water partition coefficient (Wildman–Crippen LogP) is 1.45. The Bertz CT molecular complexity index is 327. The molecule has 0 aromatic carbocycles. The van der Waals surface area contributed by atoms with Crippen molar-refractivity contribution in [1.82, 2.24) is 0 Å². The van der Waals surface area contributed by atoms with Crippen molar-refractivity contribution in [2.75, 3.05) is 67.1 Å². The zero-order chi connectivity index (χ0) is 19.6. The maximum Gasteiger partial charge on any atom is 0.309 e. The van der Waals surface area contributed by atoms with E-state index in [4.69, 9.17) is 28.4 Å². The molecule has 0 aromatic rings. The zero-order valence-corrected chi connectivity index (χ0v) is 16.5. The third-order valence-electron chi connectivity index (χ3n) is 3.78. The van der Waals surface area contributed by atoms with E-state index >= 15 is 0 Å². The quantitative estimate of drug-likeness (QED) is 0.278. The van der Waals surface area contributed by atoms with Crippen molar-refractivity contribution in [1.29, 1.82) is 0 Å². The number of ether oxygens (including phenoxy) is 6. The summed E-state index contributed by atoms with van der Waals surface area (Å²) < 4.78 is 30.7. The van der Waals surface area contributed by atoms with Crippen LogP contribution in [0.1, 0.15) is 26.7 Å². The zero-order valence-electron chi connectivity index (χ0n) is 16.5. The van der Waals surface area contributed by atoms with Gasteiger partial charge >= 0.3 is 11.9 Å². The van der Waals surface area contributed by atoms with Gasteiger partial charge in [-0.05, 0) is 12.8 Å². The summed E-state index contributed by atoms with van der Waals surface area (Å²) in [5.74, 6) is -1.85. The molecule has 0 heterocycles. The van der Waals surface area contributed by atoms with Crippen molar-refractivity contribution in [2.24, 2.45) is 11.8 Å². The summed E-state index contributed by atoms with van der Waals surface area (Å²) in [7, 11) is 3.18. The largest absolute Gasteiger partial charge is 0.463 e. The maximum atomic E-state index is 12.3. The highest BCUT2D eigenvalue weighted by Crippen LogP contribution is 2.22. The Morgan fingerprint density at radius 1 is 0.615 bits per heavy atom. The molecule has 0 aliphatic carbocycles. The molecule has 2 atom stereocenters. The van der Waals surface area contributed by atoms with Crippen LogP contribution in [-0.2, 0) is 38.0 Å². The van der Waals surface area contributed by atoms with E-state index in [9.17, 15) is 9.59 Å². The van der Waals surface area contributed by atoms with Gasteiger partial charge in [-0.15, -0.1) is 0 Å². The van der Waals surface area contributed by atoms with E-state index in [2.05, 4.69) is 0 Å². The van der Waals surface area contributed by atoms with E-state index < -0.39 is 23.8 Å². The molecule has 154 valence electrons. The Labute approximate surface area is 156 Å². The summed E-state index contributed by atoms with van der Waals surface area (Å²) in [5, 5.41) is 0. The van der Waals surface area contributed by atoms with E-state index in [1.165, 1.54) is 0 Å². The monoisotopic (exact) mass is 378 g/mol. The Hall–Kier alpha value is -1.22. The van der Waals surface area contributed by atoms with Crippen LogP contribution in [-0.4, -0.2) is 79.0 Å². The van der Waals surface area contributed by atoms with Gasteiger partial charge in [-0.25, -0.2) is 0 Å². The first-order valence-electron chi connectivity index (χ1n) is 9.08. The van der Waals surface area contributed by atoms with Crippen LogP contribution in [0.25, 0.3) is 0 Å². The summed E-state index contributed by atoms with van der Waals surface area (Å²) in [6.07, 6.45) is 1.00. The first-order valence-corrected chi connectivity index (χ1v) is 9.08. The molecule has 0 aliphatic rings. The molecule has 8 heteroatoms. The summed E-state index contributed by atoms with van der Waals surface area (Å²) in [4.78, 5) is 24.5. The number of carbonyl (C=O) groups is 2. The molecule has 0 aliphatic heterocycles. The molecule has 0 radical (unpaired) electrons. The van der Waals surface area contributed by atoms with Crippen LogP contribution < -0.4 is 0 Å². The van der Waals surface area contributed by atoms with E-state index in [1.54, 1.807) is 14.2 Å². The topological polar surface area (TPSA) is 89.5 Å². The SMILES string of the molecule is CCC(C(=O)OCCOCCOC)C(CC)C(=O)OCCOCCOC. The average molecular weight is 378 g/mol. The molecule has 0 fully saturated rings. The van der Waals surface area contributed by atoms with Crippen LogP contribution in [0.15, 0.2) is 0 Å². The summed E-state index contributed by atoms with van der Waals surface area (Å²) in [6, 6.07) is 0. The Morgan fingerprint density at radius 3 is 1.27 bits per heavy atom. The van der Waals surface area contributed by atoms with Gasteiger partial charge in [-0.1, -0.05) is 13.8 Å². The lowest BCUT2D eigenvalue weighted by atomic mass is 9.88. The van der Waals surface area contributed by atoms with Crippen molar-refractivity contribution in [3.8, 4) is 0 Å². The summed E-state index contributed by atoms with van der Waals surface area (Å²) >= 11 is 0. The third-order valence-corrected chi connectivity index (χ3v) is 3.78. The van der Waals surface area contributed by atoms with Crippen molar-refractivity contribution in [3.05, 3.63) is 0 Å². The minimum atomic E-state index is -0.527. The number of methoxy groups -OCH3 is 2. The average Bonchev–Trinajstić information content (AvgIpc) is 2.64. The molecule has 2 unspecified atom stereocenters. The van der Waals surface area contributed by atoms with Crippen molar-refractivity contribution < 1.29 is 38.0 Å². The van der Waals surface area contributed by atoms with Crippen molar-refractivity contribution >= 4 is 11.9 Å². The Balaban J connectivity index is 4.21. The highest BCUT2D eigenvalue weighted by Gasteiger charge is 2.33. The molecule has 0 rings (SSSR count). The smallest absolute Gasteiger partial charge is 0.309 e. The van der Waals surface area contributed by atoms with Crippen LogP contribution in [0.2, 0.25) is 0 Å². The van der Waals surface area contributed by atoms with Gasteiger partial charge in [0.25, 0.3) is 0 Å². The Morgan fingerprint density at radius 2 is 0.962 bits per heavy atom. The number of hydrogen-bond donors (Lipinski definition) is 0. The molecule has 8 nitrogen and oxygen atoms in total. The molecule has 0 spiro atoms. The fourth-order valence-corrected chi connectivity index (χ4v) is 2.34. The lowest BCUT2D eigenvalue weighted by Gasteiger charge is -2.22. The Kier molecular flexibility index (Phi) is 16.4. The first kappa shape index (κ1) is 24.8. The second-order valence-corrected chi connectivity index (χ2v) is 5.57. The number of rotatable bonds is 17. The highest BCUT2D eigenvalue weighted by atomic mass is 16.6. The van der Waals surface area contributed by atoms with Crippen LogP contribution in [0.5, 0.6) is 0 Å². The number of hydrogen-bond acceptors (Lipinski definition) is 8. The maximum absolute atomic E-state index is 12.3. The number of carbonyl (C=O) groups excluding carboxylic acids is 2.